The van der Waals surface area contributed by atoms with Crippen LogP contribution >= 0.6 is 0 Å². The molecule has 0 aliphatic heterocycles. The van der Waals surface area contributed by atoms with Gasteiger partial charge in [0.15, 0.2) is 0 Å². The lowest BCUT2D eigenvalue weighted by Crippen LogP contribution is -2.13. The lowest BCUT2D eigenvalue weighted by molar-refractivity contribution is 0.0601. The van der Waals surface area contributed by atoms with Crippen molar-refractivity contribution in [3.63, 3.8) is 0 Å². The first-order valence-electron chi connectivity index (χ1n) is 6.51. The molecule has 0 amide bonds. The molecule has 0 bridgehead atoms. The minimum Gasteiger partial charge on any atom is -0.465 e. The van der Waals surface area contributed by atoms with Crippen molar-refractivity contribution >= 4 is 17.3 Å². The van der Waals surface area contributed by atoms with Gasteiger partial charge >= 0.3 is 5.97 Å². The Labute approximate surface area is 118 Å². The quantitative estimate of drug-likeness (QED) is 0.626. The molecule has 0 unspecified atom stereocenters. The van der Waals surface area contributed by atoms with Crippen LogP contribution < -0.4 is 10.6 Å². The normalized spacial score (nSPS) is 9.85. The van der Waals surface area contributed by atoms with E-state index in [-0.39, 0.29) is 5.97 Å². The zero-order chi connectivity index (χ0) is 14.2. The second-order valence-electron chi connectivity index (χ2n) is 4.29. The lowest BCUT2D eigenvalue weighted by Gasteiger charge is -2.09. The minimum atomic E-state index is -0.317. The van der Waals surface area contributed by atoms with Crippen molar-refractivity contribution in [2.75, 3.05) is 30.8 Å². The van der Waals surface area contributed by atoms with Crippen LogP contribution in [0.2, 0.25) is 0 Å². The number of methoxy groups -OCH3 is 1. The van der Waals surface area contributed by atoms with E-state index in [0.29, 0.717) is 5.56 Å². The Morgan fingerprint density at radius 3 is 2.00 bits per heavy atom. The van der Waals surface area contributed by atoms with Crippen LogP contribution in [0, 0.1) is 0 Å². The Bertz CT molecular complexity index is 538. The molecular formula is C16H18N2O2. The van der Waals surface area contributed by atoms with E-state index in [9.17, 15) is 4.79 Å². The first-order chi connectivity index (χ1) is 9.79. The van der Waals surface area contributed by atoms with Crippen LogP contribution in [0.3, 0.4) is 0 Å². The van der Waals surface area contributed by atoms with Crippen molar-refractivity contribution in [1.29, 1.82) is 0 Å². The number of para-hydroxylation sites is 1. The smallest absolute Gasteiger partial charge is 0.337 e. The van der Waals surface area contributed by atoms with Gasteiger partial charge in [-0.25, -0.2) is 4.79 Å². The maximum Gasteiger partial charge on any atom is 0.337 e. The molecule has 0 saturated heterocycles. The van der Waals surface area contributed by atoms with Crippen LogP contribution in [0.5, 0.6) is 0 Å². The molecule has 2 aromatic carbocycles. The summed E-state index contributed by atoms with van der Waals surface area (Å²) >= 11 is 0. The highest BCUT2D eigenvalue weighted by Crippen LogP contribution is 2.10. The third kappa shape index (κ3) is 4.02. The number of hydrogen-bond donors (Lipinski definition) is 2. The third-order valence-corrected chi connectivity index (χ3v) is 2.86. The highest BCUT2D eigenvalue weighted by molar-refractivity contribution is 5.89. The van der Waals surface area contributed by atoms with Crippen molar-refractivity contribution in [3.8, 4) is 0 Å². The fraction of sp³-hybridized carbons (Fsp3) is 0.188. The van der Waals surface area contributed by atoms with Gasteiger partial charge in [-0.1, -0.05) is 18.2 Å². The SMILES string of the molecule is COC(=O)c1ccc(NCCNc2ccccc2)cc1. The molecule has 0 fully saturated rings. The molecule has 2 rings (SSSR count). The summed E-state index contributed by atoms with van der Waals surface area (Å²) < 4.78 is 4.65. The second-order valence-corrected chi connectivity index (χ2v) is 4.29. The maximum absolute atomic E-state index is 11.3. The molecule has 104 valence electrons. The zero-order valence-corrected chi connectivity index (χ0v) is 11.4. The number of hydrogen-bond acceptors (Lipinski definition) is 4. The van der Waals surface area contributed by atoms with E-state index in [1.165, 1.54) is 7.11 Å². The molecule has 2 aromatic rings. The monoisotopic (exact) mass is 270 g/mol. The number of benzene rings is 2. The van der Waals surface area contributed by atoms with E-state index in [2.05, 4.69) is 15.4 Å². The Morgan fingerprint density at radius 2 is 1.45 bits per heavy atom. The average molecular weight is 270 g/mol. The van der Waals surface area contributed by atoms with Crippen LogP contribution in [-0.4, -0.2) is 26.2 Å². The summed E-state index contributed by atoms with van der Waals surface area (Å²) in [6.07, 6.45) is 0. The van der Waals surface area contributed by atoms with Gasteiger partial charge < -0.3 is 15.4 Å². The van der Waals surface area contributed by atoms with Crippen molar-refractivity contribution < 1.29 is 9.53 Å². The van der Waals surface area contributed by atoms with Gasteiger partial charge in [-0.3, -0.25) is 0 Å². The van der Waals surface area contributed by atoms with Crippen LogP contribution in [0.4, 0.5) is 11.4 Å². The van der Waals surface area contributed by atoms with Gasteiger partial charge in [-0.15, -0.1) is 0 Å². The van der Waals surface area contributed by atoms with Gasteiger partial charge in [0, 0.05) is 24.5 Å². The molecule has 4 nitrogen and oxygen atoms in total. The van der Waals surface area contributed by atoms with E-state index < -0.39 is 0 Å². The molecule has 0 heterocycles. The van der Waals surface area contributed by atoms with Crippen molar-refractivity contribution in [2.24, 2.45) is 0 Å². The standard InChI is InChI=1S/C16H18N2O2/c1-20-16(19)13-7-9-15(10-8-13)18-12-11-17-14-5-3-2-4-6-14/h2-10,17-18H,11-12H2,1H3. The summed E-state index contributed by atoms with van der Waals surface area (Å²) in [6, 6.07) is 17.3. The van der Waals surface area contributed by atoms with Gasteiger partial charge in [-0.2, -0.15) is 0 Å². The van der Waals surface area contributed by atoms with Gasteiger partial charge in [0.2, 0.25) is 0 Å². The number of carbonyl (C=O) groups is 1. The largest absolute Gasteiger partial charge is 0.465 e. The summed E-state index contributed by atoms with van der Waals surface area (Å²) in [5, 5.41) is 6.60. The summed E-state index contributed by atoms with van der Waals surface area (Å²) in [5.41, 5.74) is 2.64. The number of anilines is 2. The van der Waals surface area contributed by atoms with Crippen LogP contribution in [-0.2, 0) is 4.74 Å². The van der Waals surface area contributed by atoms with E-state index in [0.717, 1.165) is 24.5 Å². The highest BCUT2D eigenvalue weighted by Gasteiger charge is 2.03. The van der Waals surface area contributed by atoms with Crippen LogP contribution in [0.25, 0.3) is 0 Å². The summed E-state index contributed by atoms with van der Waals surface area (Å²) in [6.45, 7) is 1.62. The van der Waals surface area contributed by atoms with Crippen LogP contribution in [0.1, 0.15) is 10.4 Å². The molecule has 0 spiro atoms. The van der Waals surface area contributed by atoms with Crippen molar-refractivity contribution in [2.45, 2.75) is 0 Å². The number of esters is 1. The topological polar surface area (TPSA) is 50.4 Å². The van der Waals surface area contributed by atoms with Crippen LogP contribution in [0.15, 0.2) is 54.6 Å². The molecule has 0 saturated carbocycles. The molecule has 0 atom stereocenters. The highest BCUT2D eigenvalue weighted by atomic mass is 16.5. The fourth-order valence-corrected chi connectivity index (χ4v) is 1.81. The number of carbonyl (C=O) groups excluding carboxylic acids is 1. The second kappa shape index (κ2) is 7.19. The summed E-state index contributed by atoms with van der Waals surface area (Å²) in [4.78, 5) is 11.3. The minimum absolute atomic E-state index is 0.317. The van der Waals surface area contributed by atoms with E-state index in [4.69, 9.17) is 0 Å². The fourth-order valence-electron chi connectivity index (χ4n) is 1.81. The molecule has 0 aliphatic carbocycles. The van der Waals surface area contributed by atoms with Crippen molar-refractivity contribution in [1.82, 2.24) is 0 Å². The molecule has 2 N–H and O–H groups in total. The van der Waals surface area contributed by atoms with E-state index in [1.54, 1.807) is 12.1 Å². The zero-order valence-electron chi connectivity index (χ0n) is 11.4. The van der Waals surface area contributed by atoms with E-state index in [1.807, 2.05) is 42.5 Å². The lowest BCUT2D eigenvalue weighted by atomic mass is 10.2. The molecule has 20 heavy (non-hydrogen) atoms. The van der Waals surface area contributed by atoms with Gasteiger partial charge in [0.05, 0.1) is 12.7 Å². The Hall–Kier alpha value is -2.49. The number of nitrogens with one attached hydrogen (secondary N) is 2. The Balaban J connectivity index is 1.75. The maximum atomic E-state index is 11.3. The third-order valence-electron chi connectivity index (χ3n) is 2.86. The molecule has 0 radical (unpaired) electrons. The molecular weight excluding hydrogens is 252 g/mol. The van der Waals surface area contributed by atoms with Crippen molar-refractivity contribution in [3.05, 3.63) is 60.2 Å². The van der Waals surface area contributed by atoms with Gasteiger partial charge in [0.25, 0.3) is 0 Å². The predicted molar refractivity (Wildman–Crippen MR) is 81.2 cm³/mol. The predicted octanol–water partition coefficient (Wildman–Crippen LogP) is 3.00. The van der Waals surface area contributed by atoms with Gasteiger partial charge in [0.1, 0.15) is 0 Å². The first-order valence-corrected chi connectivity index (χ1v) is 6.51. The summed E-state index contributed by atoms with van der Waals surface area (Å²) in [5.74, 6) is -0.317. The van der Waals surface area contributed by atoms with E-state index >= 15 is 0 Å². The van der Waals surface area contributed by atoms with Gasteiger partial charge in [-0.05, 0) is 36.4 Å². The summed E-state index contributed by atoms with van der Waals surface area (Å²) in [7, 11) is 1.38. The average Bonchev–Trinajstić information content (AvgIpc) is 2.52. The Kier molecular flexibility index (Phi) is 5.00. The number of ether oxygens (including phenoxy) is 1. The first kappa shape index (κ1) is 13.9. The number of rotatable bonds is 6. The molecule has 0 aromatic heterocycles. The molecule has 4 heteroatoms. The molecule has 0 aliphatic rings. The Morgan fingerprint density at radius 1 is 0.900 bits per heavy atom.